The normalized spacial score (nSPS) is 11.1. The Labute approximate surface area is 107 Å². The lowest BCUT2D eigenvalue weighted by molar-refractivity contribution is 0.0697. The van der Waals surface area contributed by atoms with Crippen LogP contribution in [0.15, 0.2) is 30.6 Å². The van der Waals surface area contributed by atoms with Gasteiger partial charge in [0, 0.05) is 29.7 Å². The fourth-order valence-electron chi connectivity index (χ4n) is 2.24. The Morgan fingerprint density at radius 1 is 1.47 bits per heavy atom. The molecule has 0 aliphatic rings. The minimum absolute atomic E-state index is 0.0478. The molecule has 0 bridgehead atoms. The van der Waals surface area contributed by atoms with Gasteiger partial charge in [0.25, 0.3) is 0 Å². The maximum atomic E-state index is 13.9. The van der Waals surface area contributed by atoms with E-state index in [4.69, 9.17) is 5.11 Å². The van der Waals surface area contributed by atoms with Gasteiger partial charge in [-0.15, -0.1) is 0 Å². The molecule has 0 unspecified atom stereocenters. The van der Waals surface area contributed by atoms with Crippen molar-refractivity contribution < 1.29 is 14.3 Å². The highest BCUT2D eigenvalue weighted by Crippen LogP contribution is 2.32. The molecule has 6 heteroatoms. The van der Waals surface area contributed by atoms with Crippen LogP contribution >= 0.6 is 0 Å². The van der Waals surface area contributed by atoms with Gasteiger partial charge in [-0.25, -0.2) is 9.18 Å². The summed E-state index contributed by atoms with van der Waals surface area (Å²) in [5, 5.41) is 13.5. The molecule has 2 N–H and O–H groups in total. The lowest BCUT2D eigenvalue weighted by Crippen LogP contribution is -2.00. The van der Waals surface area contributed by atoms with Gasteiger partial charge in [0.15, 0.2) is 0 Å². The topological polar surface area (TPSA) is 70.9 Å². The van der Waals surface area contributed by atoms with E-state index in [-0.39, 0.29) is 5.56 Å². The minimum Gasteiger partial charge on any atom is -0.478 e. The highest BCUT2D eigenvalue weighted by molar-refractivity contribution is 6.02. The number of nitrogens with zero attached hydrogens (tertiary/aromatic N) is 2. The molecule has 3 rings (SSSR count). The molecular formula is C13H10FN3O2. The van der Waals surface area contributed by atoms with Crippen molar-refractivity contribution in [2.45, 2.75) is 0 Å². The van der Waals surface area contributed by atoms with Gasteiger partial charge in [0.05, 0.1) is 11.9 Å². The van der Waals surface area contributed by atoms with Gasteiger partial charge in [-0.3, -0.25) is 4.68 Å². The van der Waals surface area contributed by atoms with E-state index in [1.54, 1.807) is 25.4 Å². The zero-order valence-electron chi connectivity index (χ0n) is 10.0. The van der Waals surface area contributed by atoms with Crippen LogP contribution in [-0.4, -0.2) is 25.8 Å². The molecular weight excluding hydrogens is 249 g/mol. The number of aryl methyl sites for hydroxylation is 1. The smallest absolute Gasteiger partial charge is 0.339 e. The Morgan fingerprint density at radius 2 is 2.26 bits per heavy atom. The van der Waals surface area contributed by atoms with Crippen LogP contribution in [0.5, 0.6) is 0 Å². The Hall–Kier alpha value is -2.63. The Balaban J connectivity index is 2.37. The Bertz CT molecular complexity index is 788. The summed E-state index contributed by atoms with van der Waals surface area (Å²) < 4.78 is 15.4. The van der Waals surface area contributed by atoms with Crippen LogP contribution in [0.3, 0.4) is 0 Å². The number of hydrogen-bond donors (Lipinski definition) is 2. The molecule has 96 valence electrons. The van der Waals surface area contributed by atoms with Crippen molar-refractivity contribution in [3.8, 4) is 11.3 Å². The van der Waals surface area contributed by atoms with Gasteiger partial charge in [-0.05, 0) is 12.1 Å². The van der Waals surface area contributed by atoms with Crippen LogP contribution in [0.4, 0.5) is 4.39 Å². The van der Waals surface area contributed by atoms with Gasteiger partial charge in [-0.1, -0.05) is 6.07 Å². The molecule has 0 aliphatic heterocycles. The Morgan fingerprint density at radius 3 is 3.00 bits per heavy atom. The molecule has 0 saturated heterocycles. The molecule has 0 radical (unpaired) electrons. The van der Waals surface area contributed by atoms with E-state index in [0.29, 0.717) is 22.2 Å². The van der Waals surface area contributed by atoms with Gasteiger partial charge in [0.1, 0.15) is 11.4 Å². The third-order valence-electron chi connectivity index (χ3n) is 3.08. The number of rotatable bonds is 2. The number of carboxylic acid groups (broad SMARTS) is 1. The fourth-order valence-corrected chi connectivity index (χ4v) is 2.24. The van der Waals surface area contributed by atoms with Gasteiger partial charge >= 0.3 is 5.97 Å². The van der Waals surface area contributed by atoms with Crippen molar-refractivity contribution in [2.75, 3.05) is 0 Å². The van der Waals surface area contributed by atoms with E-state index in [1.165, 1.54) is 16.9 Å². The van der Waals surface area contributed by atoms with Crippen molar-refractivity contribution in [2.24, 2.45) is 7.05 Å². The molecule has 1 aromatic carbocycles. The largest absolute Gasteiger partial charge is 0.478 e. The molecule has 0 aliphatic carbocycles. The maximum Gasteiger partial charge on any atom is 0.339 e. The van der Waals surface area contributed by atoms with Crippen LogP contribution in [0.2, 0.25) is 0 Å². The van der Waals surface area contributed by atoms with Gasteiger partial charge in [-0.2, -0.15) is 5.10 Å². The monoisotopic (exact) mass is 259 g/mol. The molecule has 0 amide bonds. The third kappa shape index (κ3) is 1.61. The van der Waals surface area contributed by atoms with Crippen molar-refractivity contribution in [1.82, 2.24) is 14.8 Å². The summed E-state index contributed by atoms with van der Waals surface area (Å²) in [5.41, 5.74) is 1.54. The van der Waals surface area contributed by atoms with Crippen LogP contribution in [0.1, 0.15) is 10.4 Å². The standard InChI is InChI=1S/C13H10FN3O2/c1-17-12(8(6-16-17)13(18)19)7-5-15-10-4-2-3-9(14)11(7)10/h2-6,15H,1H3,(H,18,19). The second-order valence-electron chi connectivity index (χ2n) is 4.20. The quantitative estimate of drug-likeness (QED) is 0.742. The lowest BCUT2D eigenvalue weighted by Gasteiger charge is -2.03. The number of aromatic nitrogens is 3. The zero-order valence-corrected chi connectivity index (χ0v) is 10.0. The van der Waals surface area contributed by atoms with Crippen molar-refractivity contribution in [3.63, 3.8) is 0 Å². The van der Waals surface area contributed by atoms with E-state index in [2.05, 4.69) is 10.1 Å². The maximum absolute atomic E-state index is 13.9. The predicted molar refractivity (Wildman–Crippen MR) is 67.4 cm³/mol. The summed E-state index contributed by atoms with van der Waals surface area (Å²) in [6.45, 7) is 0. The van der Waals surface area contributed by atoms with Gasteiger partial charge in [0.2, 0.25) is 0 Å². The zero-order chi connectivity index (χ0) is 13.6. The lowest BCUT2D eigenvalue weighted by atomic mass is 10.1. The number of H-pyrrole nitrogens is 1. The van der Waals surface area contributed by atoms with Crippen LogP contribution in [0, 0.1) is 5.82 Å². The van der Waals surface area contributed by atoms with E-state index in [1.807, 2.05) is 0 Å². The number of hydrogen-bond acceptors (Lipinski definition) is 2. The number of carbonyl (C=O) groups is 1. The predicted octanol–water partition coefficient (Wildman–Crippen LogP) is 2.41. The number of nitrogens with one attached hydrogen (secondary N) is 1. The number of fused-ring (bicyclic) bond motifs is 1. The second-order valence-corrected chi connectivity index (χ2v) is 4.20. The number of aromatic carboxylic acids is 1. The minimum atomic E-state index is -1.09. The first-order valence-corrected chi connectivity index (χ1v) is 5.61. The van der Waals surface area contributed by atoms with E-state index in [9.17, 15) is 9.18 Å². The Kier molecular flexibility index (Phi) is 2.38. The van der Waals surface area contributed by atoms with E-state index >= 15 is 0 Å². The first kappa shape index (κ1) is 11.5. The number of aromatic amines is 1. The average Bonchev–Trinajstić information content (AvgIpc) is 2.93. The van der Waals surface area contributed by atoms with Crippen LogP contribution in [0.25, 0.3) is 22.2 Å². The molecule has 0 atom stereocenters. The van der Waals surface area contributed by atoms with E-state index in [0.717, 1.165) is 0 Å². The highest BCUT2D eigenvalue weighted by Gasteiger charge is 2.20. The summed E-state index contributed by atoms with van der Waals surface area (Å²) >= 11 is 0. The van der Waals surface area contributed by atoms with Crippen molar-refractivity contribution in [3.05, 3.63) is 42.0 Å². The van der Waals surface area contributed by atoms with Gasteiger partial charge < -0.3 is 10.1 Å². The molecule has 5 nitrogen and oxygen atoms in total. The summed E-state index contributed by atoms with van der Waals surface area (Å²) in [6.07, 6.45) is 2.86. The highest BCUT2D eigenvalue weighted by atomic mass is 19.1. The number of carboxylic acids is 1. The first-order chi connectivity index (χ1) is 9.09. The van der Waals surface area contributed by atoms with Crippen LogP contribution < -0.4 is 0 Å². The summed E-state index contributed by atoms with van der Waals surface area (Å²) in [5.74, 6) is -1.49. The number of halogens is 1. The molecule has 0 fully saturated rings. The molecule has 0 saturated carbocycles. The summed E-state index contributed by atoms with van der Waals surface area (Å²) in [4.78, 5) is 14.1. The van der Waals surface area contributed by atoms with Crippen LogP contribution in [-0.2, 0) is 7.05 Å². The fraction of sp³-hybridized carbons (Fsp3) is 0.0769. The molecule has 2 heterocycles. The van der Waals surface area contributed by atoms with Crippen molar-refractivity contribution >= 4 is 16.9 Å². The molecule has 3 aromatic rings. The summed E-state index contributed by atoms with van der Waals surface area (Å²) in [7, 11) is 1.63. The third-order valence-corrected chi connectivity index (χ3v) is 3.08. The SMILES string of the molecule is Cn1ncc(C(=O)O)c1-c1c[nH]c2cccc(F)c12. The average molecular weight is 259 g/mol. The number of benzene rings is 1. The summed E-state index contributed by atoms with van der Waals surface area (Å²) in [6, 6.07) is 4.68. The molecule has 0 spiro atoms. The molecule has 19 heavy (non-hydrogen) atoms. The molecule has 2 aromatic heterocycles. The second kappa shape index (κ2) is 3.94. The van der Waals surface area contributed by atoms with Crippen molar-refractivity contribution in [1.29, 1.82) is 0 Å². The van der Waals surface area contributed by atoms with E-state index < -0.39 is 11.8 Å². The first-order valence-electron chi connectivity index (χ1n) is 5.61.